The van der Waals surface area contributed by atoms with Crippen molar-refractivity contribution in [3.63, 3.8) is 0 Å². The van der Waals surface area contributed by atoms with Gasteiger partial charge in [0, 0.05) is 7.05 Å². The smallest absolute Gasteiger partial charge is 0.192 e. The number of aliphatic imine (C=N–C) groups is 1. The van der Waals surface area contributed by atoms with E-state index in [0.29, 0.717) is 5.69 Å². The molecule has 0 atom stereocenters. The van der Waals surface area contributed by atoms with Crippen molar-refractivity contribution in [3.8, 4) is 0 Å². The fraction of sp³-hybridized carbons (Fsp3) is 0.125. The van der Waals surface area contributed by atoms with E-state index in [1.54, 1.807) is 7.05 Å². The third kappa shape index (κ3) is 2.59. The second kappa shape index (κ2) is 4.09. The molecule has 0 heterocycles. The molecule has 0 aliphatic carbocycles. The summed E-state index contributed by atoms with van der Waals surface area (Å²) < 4.78 is 12.6. The summed E-state index contributed by atoms with van der Waals surface area (Å²) in [7, 11) is 1.54. The largest absolute Gasteiger partial charge is 0.370 e. The standard InChI is InChI=1S/C8H9ClFN3/c1-12-8(11)13-7-3-2-5(10)4-6(7)9/h2-4H,1H3,(H3,11,12,13). The predicted molar refractivity (Wildman–Crippen MR) is 52.6 cm³/mol. The van der Waals surface area contributed by atoms with Crippen LogP contribution >= 0.6 is 11.6 Å². The van der Waals surface area contributed by atoms with Crippen LogP contribution in [0.4, 0.5) is 10.1 Å². The Balaban J connectivity index is 2.90. The highest BCUT2D eigenvalue weighted by Gasteiger charge is 2.01. The van der Waals surface area contributed by atoms with Crippen molar-refractivity contribution in [1.82, 2.24) is 0 Å². The molecule has 0 aliphatic rings. The molecule has 1 aromatic rings. The minimum absolute atomic E-state index is 0.230. The maximum atomic E-state index is 12.6. The molecule has 0 unspecified atom stereocenters. The number of halogens is 2. The van der Waals surface area contributed by atoms with Crippen molar-refractivity contribution >= 4 is 23.2 Å². The first-order valence-electron chi connectivity index (χ1n) is 3.58. The van der Waals surface area contributed by atoms with Gasteiger partial charge in [0.05, 0.1) is 10.7 Å². The van der Waals surface area contributed by atoms with E-state index in [0.717, 1.165) is 0 Å². The lowest BCUT2D eigenvalue weighted by Gasteiger charge is -2.06. The van der Waals surface area contributed by atoms with Gasteiger partial charge in [-0.05, 0) is 18.2 Å². The Morgan fingerprint density at radius 3 is 2.85 bits per heavy atom. The highest BCUT2D eigenvalue weighted by atomic mass is 35.5. The number of guanidine groups is 1. The molecule has 70 valence electrons. The Morgan fingerprint density at radius 2 is 2.31 bits per heavy atom. The summed E-state index contributed by atoms with van der Waals surface area (Å²) in [6.07, 6.45) is 0. The summed E-state index contributed by atoms with van der Waals surface area (Å²) >= 11 is 5.72. The number of hydrogen-bond donors (Lipinski definition) is 2. The van der Waals surface area contributed by atoms with Crippen LogP contribution in [0.3, 0.4) is 0 Å². The Morgan fingerprint density at radius 1 is 1.62 bits per heavy atom. The van der Waals surface area contributed by atoms with Crippen molar-refractivity contribution in [2.24, 2.45) is 10.7 Å². The lowest BCUT2D eigenvalue weighted by molar-refractivity contribution is 0.628. The number of anilines is 1. The SMILES string of the molecule is CN=C(N)Nc1ccc(F)cc1Cl. The Labute approximate surface area is 80.4 Å². The third-order valence-electron chi connectivity index (χ3n) is 1.43. The van der Waals surface area contributed by atoms with E-state index < -0.39 is 0 Å². The zero-order valence-electron chi connectivity index (χ0n) is 7.01. The maximum Gasteiger partial charge on any atom is 0.192 e. The fourth-order valence-electron chi connectivity index (χ4n) is 0.785. The van der Waals surface area contributed by atoms with Crippen LogP contribution < -0.4 is 11.1 Å². The van der Waals surface area contributed by atoms with Gasteiger partial charge in [-0.15, -0.1) is 0 Å². The van der Waals surface area contributed by atoms with Gasteiger partial charge in [-0.1, -0.05) is 11.6 Å². The summed E-state index contributed by atoms with van der Waals surface area (Å²) in [5.74, 6) is -0.156. The van der Waals surface area contributed by atoms with Gasteiger partial charge < -0.3 is 11.1 Å². The van der Waals surface area contributed by atoms with E-state index in [1.807, 2.05) is 0 Å². The Hall–Kier alpha value is -1.29. The van der Waals surface area contributed by atoms with E-state index in [2.05, 4.69) is 10.3 Å². The molecule has 1 aromatic carbocycles. The topological polar surface area (TPSA) is 50.4 Å². The second-order valence-electron chi connectivity index (χ2n) is 2.36. The minimum Gasteiger partial charge on any atom is -0.370 e. The van der Waals surface area contributed by atoms with Gasteiger partial charge >= 0.3 is 0 Å². The lowest BCUT2D eigenvalue weighted by atomic mass is 10.3. The molecule has 3 nitrogen and oxygen atoms in total. The first-order valence-corrected chi connectivity index (χ1v) is 3.95. The van der Waals surface area contributed by atoms with Crippen LogP contribution in [0.2, 0.25) is 5.02 Å². The van der Waals surface area contributed by atoms with Crippen LogP contribution in [0.25, 0.3) is 0 Å². The molecule has 0 saturated heterocycles. The molecule has 1 rings (SSSR count). The molecule has 0 fully saturated rings. The summed E-state index contributed by atoms with van der Waals surface area (Å²) in [6.45, 7) is 0. The number of benzene rings is 1. The van der Waals surface area contributed by atoms with Crippen molar-refractivity contribution < 1.29 is 4.39 Å². The van der Waals surface area contributed by atoms with Crippen molar-refractivity contribution in [1.29, 1.82) is 0 Å². The van der Waals surface area contributed by atoms with Crippen LogP contribution in [0.5, 0.6) is 0 Å². The van der Waals surface area contributed by atoms with E-state index in [4.69, 9.17) is 17.3 Å². The second-order valence-corrected chi connectivity index (χ2v) is 2.77. The van der Waals surface area contributed by atoms with E-state index in [-0.39, 0.29) is 16.8 Å². The van der Waals surface area contributed by atoms with Gasteiger partial charge in [0.15, 0.2) is 5.96 Å². The average molecular weight is 202 g/mol. The van der Waals surface area contributed by atoms with Gasteiger partial charge in [-0.25, -0.2) is 4.39 Å². The molecule has 3 N–H and O–H groups in total. The zero-order valence-corrected chi connectivity index (χ0v) is 7.77. The number of hydrogen-bond acceptors (Lipinski definition) is 1. The molecule has 0 amide bonds. The van der Waals surface area contributed by atoms with E-state index in [1.165, 1.54) is 18.2 Å². The van der Waals surface area contributed by atoms with Crippen molar-refractivity contribution in [3.05, 3.63) is 29.0 Å². The predicted octanol–water partition coefficient (Wildman–Crippen LogP) is 1.84. The van der Waals surface area contributed by atoms with Gasteiger partial charge in [0.25, 0.3) is 0 Å². The van der Waals surface area contributed by atoms with Crippen molar-refractivity contribution in [2.45, 2.75) is 0 Å². The first-order chi connectivity index (χ1) is 6.13. The van der Waals surface area contributed by atoms with Gasteiger partial charge in [-0.2, -0.15) is 0 Å². The van der Waals surface area contributed by atoms with Gasteiger partial charge in [-0.3, -0.25) is 4.99 Å². The van der Waals surface area contributed by atoms with Crippen LogP contribution in [0.1, 0.15) is 0 Å². The quantitative estimate of drug-likeness (QED) is 0.538. The summed E-state index contributed by atoms with van der Waals surface area (Å²) in [5.41, 5.74) is 5.93. The summed E-state index contributed by atoms with van der Waals surface area (Å²) in [6, 6.07) is 3.99. The molecule has 0 aromatic heterocycles. The van der Waals surface area contributed by atoms with Crippen LogP contribution in [-0.2, 0) is 0 Å². The summed E-state index contributed by atoms with van der Waals surface area (Å²) in [4.78, 5) is 3.68. The molecular formula is C8H9ClFN3. The molecule has 13 heavy (non-hydrogen) atoms. The van der Waals surface area contributed by atoms with E-state index >= 15 is 0 Å². The lowest BCUT2D eigenvalue weighted by Crippen LogP contribution is -2.22. The molecule has 0 aliphatic heterocycles. The maximum absolute atomic E-state index is 12.6. The number of nitrogens with two attached hydrogens (primary N) is 1. The molecular weight excluding hydrogens is 193 g/mol. The van der Waals surface area contributed by atoms with Crippen LogP contribution in [0, 0.1) is 5.82 Å². The highest BCUT2D eigenvalue weighted by Crippen LogP contribution is 2.21. The Kier molecular flexibility index (Phi) is 3.08. The molecule has 0 bridgehead atoms. The zero-order chi connectivity index (χ0) is 9.84. The van der Waals surface area contributed by atoms with Crippen molar-refractivity contribution in [2.75, 3.05) is 12.4 Å². The number of nitrogens with one attached hydrogen (secondary N) is 1. The first kappa shape index (κ1) is 9.80. The number of nitrogens with zero attached hydrogens (tertiary/aromatic N) is 1. The van der Waals surface area contributed by atoms with Crippen LogP contribution in [-0.4, -0.2) is 13.0 Å². The van der Waals surface area contributed by atoms with Gasteiger partial charge in [0.1, 0.15) is 5.82 Å². The van der Waals surface area contributed by atoms with E-state index in [9.17, 15) is 4.39 Å². The monoisotopic (exact) mass is 201 g/mol. The normalized spacial score (nSPS) is 11.5. The summed E-state index contributed by atoms with van der Waals surface area (Å²) in [5, 5.41) is 2.99. The molecule has 0 saturated carbocycles. The van der Waals surface area contributed by atoms with Gasteiger partial charge in [0.2, 0.25) is 0 Å². The fourth-order valence-corrected chi connectivity index (χ4v) is 0.999. The number of rotatable bonds is 1. The van der Waals surface area contributed by atoms with Crippen LogP contribution in [0.15, 0.2) is 23.2 Å². The third-order valence-corrected chi connectivity index (χ3v) is 1.75. The molecule has 5 heteroatoms. The highest BCUT2D eigenvalue weighted by molar-refractivity contribution is 6.33. The average Bonchev–Trinajstić information content (AvgIpc) is 2.09. The minimum atomic E-state index is -0.387. The molecule has 0 spiro atoms. The Bertz CT molecular complexity index is 338. The molecule has 0 radical (unpaired) electrons.